The van der Waals surface area contributed by atoms with Gasteiger partial charge in [-0.15, -0.1) is 0 Å². The van der Waals surface area contributed by atoms with Crippen molar-refractivity contribution in [3.8, 4) is 22.5 Å². The summed E-state index contributed by atoms with van der Waals surface area (Å²) in [7, 11) is 0. The van der Waals surface area contributed by atoms with Crippen LogP contribution in [-0.4, -0.2) is 9.97 Å². The molecule has 0 saturated heterocycles. The number of hydrogen-bond donors (Lipinski definition) is 0. The molecule has 0 aliphatic carbocycles. The molecule has 0 spiro atoms. The van der Waals surface area contributed by atoms with Gasteiger partial charge in [0.05, 0.1) is 22.4 Å². The Morgan fingerprint density at radius 1 is 0.462 bits per heavy atom. The summed E-state index contributed by atoms with van der Waals surface area (Å²) in [5, 5.41) is 2.40. The van der Waals surface area contributed by atoms with E-state index in [4.69, 9.17) is 9.97 Å². The van der Waals surface area contributed by atoms with Crippen LogP contribution in [0.2, 0.25) is 0 Å². The molecule has 0 atom stereocenters. The van der Waals surface area contributed by atoms with Crippen molar-refractivity contribution in [3.05, 3.63) is 97.1 Å². The molecule has 0 fully saturated rings. The molecule has 0 unspecified atom stereocenters. The van der Waals surface area contributed by atoms with E-state index in [-0.39, 0.29) is 0 Å². The van der Waals surface area contributed by atoms with Crippen molar-refractivity contribution >= 4 is 21.8 Å². The SMILES string of the molecule is c1ccc(-c2nc3ccccc3nc2-c2cccc3ccccc23)cc1. The van der Waals surface area contributed by atoms with Crippen LogP contribution >= 0.6 is 0 Å². The fourth-order valence-corrected chi connectivity index (χ4v) is 3.42. The fraction of sp³-hybridized carbons (Fsp3) is 0. The summed E-state index contributed by atoms with van der Waals surface area (Å²) in [5.41, 5.74) is 5.85. The van der Waals surface area contributed by atoms with Gasteiger partial charge in [-0.3, -0.25) is 0 Å². The van der Waals surface area contributed by atoms with Crippen molar-refractivity contribution in [1.82, 2.24) is 9.97 Å². The largest absolute Gasteiger partial charge is 0.244 e. The normalized spacial score (nSPS) is 11.1. The molecule has 5 rings (SSSR count). The highest BCUT2D eigenvalue weighted by Crippen LogP contribution is 2.34. The molecule has 0 aliphatic rings. The molecule has 0 radical (unpaired) electrons. The molecular formula is C24H16N2. The van der Waals surface area contributed by atoms with Crippen molar-refractivity contribution in [3.63, 3.8) is 0 Å². The van der Waals surface area contributed by atoms with E-state index < -0.39 is 0 Å². The first-order valence-electron chi connectivity index (χ1n) is 8.70. The van der Waals surface area contributed by atoms with E-state index in [0.29, 0.717) is 0 Å². The van der Waals surface area contributed by atoms with E-state index >= 15 is 0 Å². The minimum absolute atomic E-state index is 0.912. The van der Waals surface area contributed by atoms with Crippen LogP contribution in [0.3, 0.4) is 0 Å². The van der Waals surface area contributed by atoms with E-state index in [1.54, 1.807) is 0 Å². The molecule has 0 N–H and O–H groups in total. The molecule has 1 aromatic heterocycles. The van der Waals surface area contributed by atoms with Gasteiger partial charge in [0.1, 0.15) is 0 Å². The predicted octanol–water partition coefficient (Wildman–Crippen LogP) is 6.12. The predicted molar refractivity (Wildman–Crippen MR) is 108 cm³/mol. The van der Waals surface area contributed by atoms with Crippen molar-refractivity contribution < 1.29 is 0 Å². The third kappa shape index (κ3) is 2.44. The van der Waals surface area contributed by atoms with Crippen LogP contribution in [0.1, 0.15) is 0 Å². The van der Waals surface area contributed by atoms with E-state index in [9.17, 15) is 0 Å². The summed E-state index contributed by atoms with van der Waals surface area (Å²) in [6.45, 7) is 0. The molecule has 0 bridgehead atoms. The zero-order valence-electron chi connectivity index (χ0n) is 14.1. The van der Waals surface area contributed by atoms with Gasteiger partial charge in [0.2, 0.25) is 0 Å². The topological polar surface area (TPSA) is 25.8 Å². The zero-order chi connectivity index (χ0) is 17.3. The van der Waals surface area contributed by atoms with Crippen molar-refractivity contribution in [1.29, 1.82) is 0 Å². The Balaban J connectivity index is 1.89. The minimum atomic E-state index is 0.912. The molecule has 0 saturated carbocycles. The zero-order valence-corrected chi connectivity index (χ0v) is 14.1. The summed E-state index contributed by atoms with van der Waals surface area (Å²) >= 11 is 0. The lowest BCUT2D eigenvalue weighted by Crippen LogP contribution is -1.96. The highest BCUT2D eigenvalue weighted by molar-refractivity contribution is 5.99. The Kier molecular flexibility index (Phi) is 3.46. The smallest absolute Gasteiger partial charge is 0.0979 e. The van der Waals surface area contributed by atoms with E-state index in [2.05, 4.69) is 54.6 Å². The Labute approximate surface area is 151 Å². The Hall–Kier alpha value is -3.52. The van der Waals surface area contributed by atoms with Crippen LogP contribution < -0.4 is 0 Å². The quantitative estimate of drug-likeness (QED) is 0.389. The van der Waals surface area contributed by atoms with Gasteiger partial charge in [-0.25, -0.2) is 9.97 Å². The highest BCUT2D eigenvalue weighted by Gasteiger charge is 2.14. The van der Waals surface area contributed by atoms with Gasteiger partial charge >= 0.3 is 0 Å². The van der Waals surface area contributed by atoms with Crippen LogP contribution in [0.15, 0.2) is 97.1 Å². The monoisotopic (exact) mass is 332 g/mol. The average Bonchev–Trinajstić information content (AvgIpc) is 2.73. The molecule has 0 amide bonds. The fourth-order valence-electron chi connectivity index (χ4n) is 3.42. The maximum absolute atomic E-state index is 5.01. The number of fused-ring (bicyclic) bond motifs is 2. The first kappa shape index (κ1) is 14.8. The highest BCUT2D eigenvalue weighted by atomic mass is 14.8. The van der Waals surface area contributed by atoms with E-state index in [1.807, 2.05) is 42.5 Å². The molecular weight excluding hydrogens is 316 g/mol. The Morgan fingerprint density at radius 3 is 1.88 bits per heavy atom. The lowest BCUT2D eigenvalue weighted by Gasteiger charge is -2.12. The van der Waals surface area contributed by atoms with E-state index in [1.165, 1.54) is 10.8 Å². The molecule has 4 aromatic carbocycles. The molecule has 5 aromatic rings. The summed E-state index contributed by atoms with van der Waals surface area (Å²) in [6.07, 6.45) is 0. The molecule has 2 heteroatoms. The molecule has 1 heterocycles. The number of benzene rings is 4. The number of aromatic nitrogens is 2. The minimum Gasteiger partial charge on any atom is -0.244 e. The van der Waals surface area contributed by atoms with E-state index in [0.717, 1.165) is 33.5 Å². The van der Waals surface area contributed by atoms with Crippen molar-refractivity contribution in [2.75, 3.05) is 0 Å². The first-order chi connectivity index (χ1) is 12.9. The summed E-state index contributed by atoms with van der Waals surface area (Å²) in [4.78, 5) is 9.98. The van der Waals surface area contributed by atoms with Gasteiger partial charge in [0.25, 0.3) is 0 Å². The summed E-state index contributed by atoms with van der Waals surface area (Å²) < 4.78 is 0. The number of nitrogens with zero attached hydrogens (tertiary/aromatic N) is 2. The second-order valence-corrected chi connectivity index (χ2v) is 6.30. The maximum Gasteiger partial charge on any atom is 0.0979 e. The van der Waals surface area contributed by atoms with Crippen LogP contribution in [0, 0.1) is 0 Å². The third-order valence-electron chi connectivity index (χ3n) is 4.66. The van der Waals surface area contributed by atoms with Gasteiger partial charge in [0, 0.05) is 11.1 Å². The summed E-state index contributed by atoms with van der Waals surface area (Å²) in [5.74, 6) is 0. The molecule has 26 heavy (non-hydrogen) atoms. The summed E-state index contributed by atoms with van der Waals surface area (Å²) in [6, 6.07) is 33.1. The first-order valence-corrected chi connectivity index (χ1v) is 8.70. The Bertz CT molecular complexity index is 1220. The second kappa shape index (κ2) is 6.08. The van der Waals surface area contributed by atoms with Crippen molar-refractivity contribution in [2.24, 2.45) is 0 Å². The van der Waals surface area contributed by atoms with Crippen LogP contribution in [0.4, 0.5) is 0 Å². The number of para-hydroxylation sites is 2. The molecule has 2 nitrogen and oxygen atoms in total. The van der Waals surface area contributed by atoms with Crippen LogP contribution in [-0.2, 0) is 0 Å². The second-order valence-electron chi connectivity index (χ2n) is 6.30. The van der Waals surface area contributed by atoms with Gasteiger partial charge in [-0.1, -0.05) is 84.9 Å². The standard InChI is InChI=1S/C24H16N2/c1-2-10-18(11-3-1)23-24(26-22-16-7-6-15-21(22)25-23)20-14-8-12-17-9-4-5-13-19(17)20/h1-16H. The number of rotatable bonds is 2. The lowest BCUT2D eigenvalue weighted by molar-refractivity contribution is 1.30. The van der Waals surface area contributed by atoms with Gasteiger partial charge in [-0.05, 0) is 22.9 Å². The van der Waals surface area contributed by atoms with Gasteiger partial charge in [-0.2, -0.15) is 0 Å². The maximum atomic E-state index is 5.01. The molecule has 122 valence electrons. The van der Waals surface area contributed by atoms with Crippen LogP contribution in [0.25, 0.3) is 44.3 Å². The third-order valence-corrected chi connectivity index (χ3v) is 4.66. The van der Waals surface area contributed by atoms with Crippen LogP contribution in [0.5, 0.6) is 0 Å². The average molecular weight is 332 g/mol. The van der Waals surface area contributed by atoms with Gasteiger partial charge in [0.15, 0.2) is 0 Å². The lowest BCUT2D eigenvalue weighted by atomic mass is 9.98. The van der Waals surface area contributed by atoms with Crippen molar-refractivity contribution in [2.45, 2.75) is 0 Å². The Morgan fingerprint density at radius 2 is 1.08 bits per heavy atom. The number of hydrogen-bond acceptors (Lipinski definition) is 2. The van der Waals surface area contributed by atoms with Gasteiger partial charge < -0.3 is 0 Å². The molecule has 0 aliphatic heterocycles.